The number of aryl methyl sites for hydroxylation is 1. The monoisotopic (exact) mass is 279 g/mol. The van der Waals surface area contributed by atoms with E-state index in [-0.39, 0.29) is 6.04 Å². The highest BCUT2D eigenvalue weighted by Crippen LogP contribution is 2.34. The lowest BCUT2D eigenvalue weighted by atomic mass is 10.00. The van der Waals surface area contributed by atoms with E-state index in [1.54, 1.807) is 11.3 Å². The third kappa shape index (κ3) is 2.94. The Kier molecular flexibility index (Phi) is 4.81. The van der Waals surface area contributed by atoms with Gasteiger partial charge in [-0.25, -0.2) is 0 Å². The summed E-state index contributed by atoms with van der Waals surface area (Å²) in [6, 6.07) is 10.7. The molecule has 1 nitrogen and oxygen atoms in total. The molecule has 96 valence electrons. The Labute approximate surface area is 118 Å². The first-order valence-corrected chi connectivity index (χ1v) is 7.51. The molecular weight excluding hydrogens is 262 g/mol. The standard InChI is InChI=1S/C15H18ClNS/c1-3-9-17-14(15-13(16)8-10-18-15)12-7-5-4-6-11(12)2/h4-8,10,14,17H,3,9H2,1-2H3. The smallest absolute Gasteiger partial charge is 0.0688 e. The maximum atomic E-state index is 6.29. The van der Waals surface area contributed by atoms with E-state index in [9.17, 15) is 0 Å². The molecule has 2 aromatic rings. The first-order chi connectivity index (χ1) is 8.74. The summed E-state index contributed by atoms with van der Waals surface area (Å²) in [5.41, 5.74) is 2.62. The molecule has 1 atom stereocenters. The topological polar surface area (TPSA) is 12.0 Å². The number of thiophene rings is 1. The molecule has 0 aliphatic heterocycles. The van der Waals surface area contributed by atoms with Crippen LogP contribution >= 0.6 is 22.9 Å². The summed E-state index contributed by atoms with van der Waals surface area (Å²) >= 11 is 8.00. The molecule has 1 heterocycles. The number of hydrogen-bond donors (Lipinski definition) is 1. The van der Waals surface area contributed by atoms with Crippen molar-refractivity contribution >= 4 is 22.9 Å². The second-order valence-corrected chi connectivity index (χ2v) is 5.73. The van der Waals surface area contributed by atoms with Crippen molar-refractivity contribution < 1.29 is 0 Å². The lowest BCUT2D eigenvalue weighted by Crippen LogP contribution is -2.23. The Morgan fingerprint density at radius 2 is 2.06 bits per heavy atom. The molecule has 1 unspecified atom stereocenters. The summed E-state index contributed by atoms with van der Waals surface area (Å²) in [6.07, 6.45) is 1.12. The molecule has 1 aromatic heterocycles. The molecule has 0 aliphatic rings. The zero-order valence-corrected chi connectivity index (χ0v) is 12.3. The molecule has 0 radical (unpaired) electrons. The summed E-state index contributed by atoms with van der Waals surface area (Å²) in [4.78, 5) is 1.21. The molecule has 0 spiro atoms. The van der Waals surface area contributed by atoms with E-state index in [1.165, 1.54) is 16.0 Å². The van der Waals surface area contributed by atoms with Crippen molar-refractivity contribution in [1.29, 1.82) is 0 Å². The third-order valence-corrected chi connectivity index (χ3v) is 4.43. The Balaban J connectivity index is 2.37. The van der Waals surface area contributed by atoms with Crippen LogP contribution in [-0.4, -0.2) is 6.54 Å². The van der Waals surface area contributed by atoms with Crippen molar-refractivity contribution in [3.63, 3.8) is 0 Å². The van der Waals surface area contributed by atoms with Gasteiger partial charge in [-0.2, -0.15) is 0 Å². The molecule has 0 bridgehead atoms. The van der Waals surface area contributed by atoms with Gasteiger partial charge in [0.1, 0.15) is 0 Å². The number of hydrogen-bond acceptors (Lipinski definition) is 2. The number of halogens is 1. The Hall–Kier alpha value is -0.830. The maximum Gasteiger partial charge on any atom is 0.0688 e. The third-order valence-electron chi connectivity index (χ3n) is 3.00. The van der Waals surface area contributed by atoms with Crippen LogP contribution in [0, 0.1) is 6.92 Å². The fourth-order valence-electron chi connectivity index (χ4n) is 2.05. The van der Waals surface area contributed by atoms with E-state index in [0.717, 1.165) is 18.0 Å². The molecule has 0 saturated heterocycles. The Morgan fingerprint density at radius 1 is 1.28 bits per heavy atom. The van der Waals surface area contributed by atoms with Crippen LogP contribution in [0.5, 0.6) is 0 Å². The van der Waals surface area contributed by atoms with Crippen LogP contribution in [0.4, 0.5) is 0 Å². The fourth-order valence-corrected chi connectivity index (χ4v) is 3.31. The summed E-state index contributed by atoms with van der Waals surface area (Å²) in [7, 11) is 0. The van der Waals surface area contributed by atoms with Gasteiger partial charge < -0.3 is 5.32 Å². The van der Waals surface area contributed by atoms with Gasteiger partial charge in [0.05, 0.1) is 11.1 Å². The van der Waals surface area contributed by atoms with E-state index in [4.69, 9.17) is 11.6 Å². The molecule has 18 heavy (non-hydrogen) atoms. The minimum Gasteiger partial charge on any atom is -0.306 e. The van der Waals surface area contributed by atoms with Crippen molar-refractivity contribution in [3.8, 4) is 0 Å². The molecule has 1 N–H and O–H groups in total. The summed E-state index contributed by atoms with van der Waals surface area (Å²) in [5.74, 6) is 0. The first-order valence-electron chi connectivity index (χ1n) is 6.25. The van der Waals surface area contributed by atoms with Crippen molar-refractivity contribution in [2.45, 2.75) is 26.3 Å². The van der Waals surface area contributed by atoms with E-state index in [0.29, 0.717) is 0 Å². The average molecular weight is 280 g/mol. The largest absolute Gasteiger partial charge is 0.306 e. The predicted molar refractivity (Wildman–Crippen MR) is 80.6 cm³/mol. The summed E-state index contributed by atoms with van der Waals surface area (Å²) in [5, 5.41) is 6.51. The minimum atomic E-state index is 0.207. The average Bonchev–Trinajstić information content (AvgIpc) is 2.78. The number of benzene rings is 1. The molecule has 3 heteroatoms. The van der Waals surface area contributed by atoms with Crippen molar-refractivity contribution in [1.82, 2.24) is 5.32 Å². The van der Waals surface area contributed by atoms with E-state index < -0.39 is 0 Å². The lowest BCUT2D eigenvalue weighted by molar-refractivity contribution is 0.603. The maximum absolute atomic E-state index is 6.29. The van der Waals surface area contributed by atoms with Crippen LogP contribution < -0.4 is 5.32 Å². The second-order valence-electron chi connectivity index (χ2n) is 4.38. The zero-order chi connectivity index (χ0) is 13.0. The van der Waals surface area contributed by atoms with Crippen LogP contribution in [0.2, 0.25) is 5.02 Å². The van der Waals surface area contributed by atoms with Gasteiger partial charge >= 0.3 is 0 Å². The Morgan fingerprint density at radius 3 is 2.67 bits per heavy atom. The van der Waals surface area contributed by atoms with E-state index in [1.807, 2.05) is 6.07 Å². The van der Waals surface area contributed by atoms with Gasteiger partial charge in [-0.3, -0.25) is 0 Å². The van der Waals surface area contributed by atoms with Gasteiger partial charge in [-0.05, 0) is 42.5 Å². The molecule has 0 amide bonds. The highest BCUT2D eigenvalue weighted by atomic mass is 35.5. The molecule has 0 saturated carbocycles. The molecule has 1 aromatic carbocycles. The zero-order valence-electron chi connectivity index (χ0n) is 10.7. The van der Waals surface area contributed by atoms with Crippen molar-refractivity contribution in [2.24, 2.45) is 0 Å². The van der Waals surface area contributed by atoms with Gasteiger partial charge in [0.15, 0.2) is 0 Å². The molecule has 0 fully saturated rings. The van der Waals surface area contributed by atoms with Crippen LogP contribution in [-0.2, 0) is 0 Å². The van der Waals surface area contributed by atoms with Gasteiger partial charge in [0.2, 0.25) is 0 Å². The second kappa shape index (κ2) is 6.37. The van der Waals surface area contributed by atoms with Crippen molar-refractivity contribution in [2.75, 3.05) is 6.54 Å². The van der Waals surface area contributed by atoms with Crippen LogP contribution in [0.3, 0.4) is 0 Å². The molecule has 2 rings (SSSR count). The quantitative estimate of drug-likeness (QED) is 0.829. The summed E-state index contributed by atoms with van der Waals surface area (Å²) < 4.78 is 0. The number of rotatable bonds is 5. The highest BCUT2D eigenvalue weighted by molar-refractivity contribution is 7.10. The van der Waals surface area contributed by atoms with Gasteiger partial charge in [0.25, 0.3) is 0 Å². The highest BCUT2D eigenvalue weighted by Gasteiger charge is 2.18. The fraction of sp³-hybridized carbons (Fsp3) is 0.333. The van der Waals surface area contributed by atoms with Crippen LogP contribution in [0.25, 0.3) is 0 Å². The van der Waals surface area contributed by atoms with Gasteiger partial charge in [-0.15, -0.1) is 11.3 Å². The van der Waals surface area contributed by atoms with Gasteiger partial charge in [0, 0.05) is 4.88 Å². The SMILES string of the molecule is CCCNC(c1ccccc1C)c1sccc1Cl. The predicted octanol–water partition coefficient (Wildman–Crippen LogP) is 4.80. The van der Waals surface area contributed by atoms with E-state index in [2.05, 4.69) is 48.8 Å². The Bertz CT molecular complexity index is 507. The van der Waals surface area contributed by atoms with E-state index >= 15 is 0 Å². The molecule has 0 aliphatic carbocycles. The summed E-state index contributed by atoms with van der Waals surface area (Å²) in [6.45, 7) is 5.32. The van der Waals surface area contributed by atoms with Crippen LogP contribution in [0.1, 0.15) is 35.4 Å². The lowest BCUT2D eigenvalue weighted by Gasteiger charge is -2.20. The minimum absolute atomic E-state index is 0.207. The normalized spacial score (nSPS) is 12.6. The van der Waals surface area contributed by atoms with Gasteiger partial charge in [-0.1, -0.05) is 42.8 Å². The number of nitrogens with one attached hydrogen (secondary N) is 1. The molecular formula is C15H18ClNS. The first kappa shape index (κ1) is 13.6. The van der Waals surface area contributed by atoms with Crippen LogP contribution in [0.15, 0.2) is 35.7 Å². The van der Waals surface area contributed by atoms with Crippen molar-refractivity contribution in [3.05, 3.63) is 56.7 Å².